The number of ether oxygens (including phenoxy) is 1. The van der Waals surface area contributed by atoms with Gasteiger partial charge in [-0.05, 0) is 48.6 Å². The average Bonchev–Trinajstić information content (AvgIpc) is 2.71. The summed E-state index contributed by atoms with van der Waals surface area (Å²) in [5, 5.41) is 0. The number of aryl methyl sites for hydroxylation is 1. The monoisotopic (exact) mass is 366 g/mol. The topological polar surface area (TPSA) is 9.23 Å². The first-order valence-electron chi connectivity index (χ1n) is 11.2. The summed E-state index contributed by atoms with van der Waals surface area (Å²) in [5.41, 5.74) is 4.00. The first-order valence-corrected chi connectivity index (χ1v) is 11.2. The maximum absolute atomic E-state index is 5.52. The molecule has 0 aromatic heterocycles. The summed E-state index contributed by atoms with van der Waals surface area (Å²) >= 11 is 0. The minimum atomic E-state index is 0.715. The molecule has 0 heterocycles. The van der Waals surface area contributed by atoms with Gasteiger partial charge in [0.25, 0.3) is 0 Å². The maximum atomic E-state index is 5.52. The van der Waals surface area contributed by atoms with Crippen molar-refractivity contribution in [2.45, 2.75) is 84.5 Å². The molecule has 0 aliphatic carbocycles. The molecule has 2 aromatic rings. The van der Waals surface area contributed by atoms with Crippen LogP contribution < -0.4 is 4.74 Å². The highest BCUT2D eigenvalue weighted by Gasteiger charge is 2.00. The van der Waals surface area contributed by atoms with Crippen molar-refractivity contribution in [3.63, 3.8) is 0 Å². The number of hydrogen-bond acceptors (Lipinski definition) is 1. The van der Waals surface area contributed by atoms with Crippen LogP contribution in [0.2, 0.25) is 0 Å². The average molecular weight is 367 g/mol. The molecule has 0 aliphatic rings. The molecule has 0 fully saturated rings. The van der Waals surface area contributed by atoms with E-state index in [0.29, 0.717) is 6.61 Å². The van der Waals surface area contributed by atoms with Crippen LogP contribution in [0, 0.1) is 0 Å². The van der Waals surface area contributed by atoms with E-state index in [2.05, 4.69) is 55.5 Å². The summed E-state index contributed by atoms with van der Waals surface area (Å²) in [6.45, 7) is 5.02. The second kappa shape index (κ2) is 13.4. The predicted octanol–water partition coefficient (Wildman–Crippen LogP) is 8.22. The van der Waals surface area contributed by atoms with Crippen LogP contribution in [0.15, 0.2) is 48.5 Å². The van der Waals surface area contributed by atoms with E-state index in [-0.39, 0.29) is 0 Å². The van der Waals surface area contributed by atoms with Crippen LogP contribution in [0.4, 0.5) is 0 Å². The SMILES string of the molecule is CCCCCCCCCCCCc1ccc(-c2ccc(OCC)cc2)cc1. The van der Waals surface area contributed by atoms with E-state index in [1.165, 1.54) is 87.3 Å². The van der Waals surface area contributed by atoms with Gasteiger partial charge in [-0.3, -0.25) is 0 Å². The van der Waals surface area contributed by atoms with Gasteiger partial charge >= 0.3 is 0 Å². The third-order valence-corrected chi connectivity index (χ3v) is 5.27. The van der Waals surface area contributed by atoms with Gasteiger partial charge < -0.3 is 4.74 Å². The minimum absolute atomic E-state index is 0.715. The van der Waals surface area contributed by atoms with E-state index in [1.807, 2.05) is 6.92 Å². The Morgan fingerprint density at radius 3 is 1.56 bits per heavy atom. The highest BCUT2D eigenvalue weighted by Crippen LogP contribution is 2.23. The molecular formula is C26H38O. The summed E-state index contributed by atoms with van der Waals surface area (Å²) in [6.07, 6.45) is 15.2. The van der Waals surface area contributed by atoms with Crippen molar-refractivity contribution in [3.05, 3.63) is 54.1 Å². The molecule has 0 bridgehead atoms. The Morgan fingerprint density at radius 1 is 0.556 bits per heavy atom. The zero-order valence-electron chi connectivity index (χ0n) is 17.5. The lowest BCUT2D eigenvalue weighted by molar-refractivity contribution is 0.340. The predicted molar refractivity (Wildman–Crippen MR) is 119 cm³/mol. The highest BCUT2D eigenvalue weighted by molar-refractivity contribution is 5.64. The number of hydrogen-bond donors (Lipinski definition) is 0. The van der Waals surface area contributed by atoms with Crippen molar-refractivity contribution in [1.82, 2.24) is 0 Å². The Kier molecular flexibility index (Phi) is 10.7. The molecule has 0 radical (unpaired) electrons. The van der Waals surface area contributed by atoms with E-state index < -0.39 is 0 Å². The van der Waals surface area contributed by atoms with E-state index in [4.69, 9.17) is 4.74 Å². The number of unbranched alkanes of at least 4 members (excludes halogenated alkanes) is 9. The van der Waals surface area contributed by atoms with E-state index in [1.54, 1.807) is 0 Å². The molecule has 148 valence electrons. The van der Waals surface area contributed by atoms with Crippen molar-refractivity contribution in [2.75, 3.05) is 6.61 Å². The molecule has 27 heavy (non-hydrogen) atoms. The fourth-order valence-corrected chi connectivity index (χ4v) is 3.59. The van der Waals surface area contributed by atoms with Crippen molar-refractivity contribution < 1.29 is 4.74 Å². The van der Waals surface area contributed by atoms with E-state index >= 15 is 0 Å². The van der Waals surface area contributed by atoms with Gasteiger partial charge in [0.05, 0.1) is 6.61 Å². The molecule has 2 rings (SSSR count). The molecular weight excluding hydrogens is 328 g/mol. The van der Waals surface area contributed by atoms with Crippen LogP contribution in [-0.2, 0) is 6.42 Å². The van der Waals surface area contributed by atoms with Crippen LogP contribution in [0.3, 0.4) is 0 Å². The van der Waals surface area contributed by atoms with Crippen molar-refractivity contribution in [3.8, 4) is 16.9 Å². The molecule has 0 unspecified atom stereocenters. The van der Waals surface area contributed by atoms with Gasteiger partial charge in [0.2, 0.25) is 0 Å². The molecule has 0 saturated heterocycles. The molecule has 2 aromatic carbocycles. The Hall–Kier alpha value is -1.76. The maximum Gasteiger partial charge on any atom is 0.119 e. The second-order valence-corrected chi connectivity index (χ2v) is 7.59. The van der Waals surface area contributed by atoms with Crippen LogP contribution in [0.1, 0.15) is 83.6 Å². The van der Waals surface area contributed by atoms with Crippen LogP contribution in [-0.4, -0.2) is 6.61 Å². The number of rotatable bonds is 14. The molecule has 0 aliphatic heterocycles. The van der Waals surface area contributed by atoms with Gasteiger partial charge in [-0.25, -0.2) is 0 Å². The van der Waals surface area contributed by atoms with Gasteiger partial charge in [0.1, 0.15) is 5.75 Å². The van der Waals surface area contributed by atoms with Gasteiger partial charge in [0, 0.05) is 0 Å². The van der Waals surface area contributed by atoms with E-state index in [0.717, 1.165) is 5.75 Å². The largest absolute Gasteiger partial charge is 0.494 e. The van der Waals surface area contributed by atoms with Gasteiger partial charge in [-0.1, -0.05) is 101 Å². The lowest BCUT2D eigenvalue weighted by Crippen LogP contribution is -1.90. The standard InChI is InChI=1S/C26H38O/c1-3-5-6-7-8-9-10-11-12-13-14-23-15-17-24(18-16-23)25-19-21-26(22-20-25)27-4-2/h15-22H,3-14H2,1-2H3. The molecule has 0 N–H and O–H groups in total. The number of benzene rings is 2. The van der Waals surface area contributed by atoms with Crippen LogP contribution in [0.25, 0.3) is 11.1 Å². The fraction of sp³-hybridized carbons (Fsp3) is 0.538. The van der Waals surface area contributed by atoms with Crippen molar-refractivity contribution >= 4 is 0 Å². The lowest BCUT2D eigenvalue weighted by atomic mass is 10.0. The third kappa shape index (κ3) is 8.65. The van der Waals surface area contributed by atoms with Crippen molar-refractivity contribution in [2.24, 2.45) is 0 Å². The molecule has 0 saturated carbocycles. The van der Waals surface area contributed by atoms with Gasteiger partial charge in [0.15, 0.2) is 0 Å². The summed E-state index contributed by atoms with van der Waals surface area (Å²) in [7, 11) is 0. The smallest absolute Gasteiger partial charge is 0.119 e. The highest BCUT2D eigenvalue weighted by atomic mass is 16.5. The lowest BCUT2D eigenvalue weighted by Gasteiger charge is -2.07. The molecule has 0 spiro atoms. The summed E-state index contributed by atoms with van der Waals surface area (Å²) < 4.78 is 5.52. The zero-order chi connectivity index (χ0) is 19.2. The van der Waals surface area contributed by atoms with Crippen molar-refractivity contribution in [1.29, 1.82) is 0 Å². The first-order chi connectivity index (χ1) is 13.3. The molecule has 0 atom stereocenters. The second-order valence-electron chi connectivity index (χ2n) is 7.59. The molecule has 0 amide bonds. The van der Waals surface area contributed by atoms with Crippen LogP contribution >= 0.6 is 0 Å². The summed E-state index contributed by atoms with van der Waals surface area (Å²) in [4.78, 5) is 0. The van der Waals surface area contributed by atoms with E-state index in [9.17, 15) is 0 Å². The summed E-state index contributed by atoms with van der Waals surface area (Å²) in [6, 6.07) is 17.5. The summed E-state index contributed by atoms with van der Waals surface area (Å²) in [5.74, 6) is 0.943. The third-order valence-electron chi connectivity index (χ3n) is 5.27. The zero-order valence-corrected chi connectivity index (χ0v) is 17.5. The first kappa shape index (κ1) is 21.5. The Bertz CT molecular complexity index is 597. The van der Waals surface area contributed by atoms with Crippen LogP contribution in [0.5, 0.6) is 5.75 Å². The Morgan fingerprint density at radius 2 is 1.04 bits per heavy atom. The Labute approximate surface area is 167 Å². The quantitative estimate of drug-likeness (QED) is 0.306. The minimum Gasteiger partial charge on any atom is -0.494 e. The van der Waals surface area contributed by atoms with Gasteiger partial charge in [-0.15, -0.1) is 0 Å². The molecule has 1 nitrogen and oxygen atoms in total. The fourth-order valence-electron chi connectivity index (χ4n) is 3.59. The van der Waals surface area contributed by atoms with Gasteiger partial charge in [-0.2, -0.15) is 0 Å². The normalized spacial score (nSPS) is 10.9. The Balaban J connectivity index is 1.61. The molecule has 1 heteroatoms.